The van der Waals surface area contributed by atoms with E-state index in [1.54, 1.807) is 6.08 Å². The van der Waals surface area contributed by atoms with E-state index >= 15 is 0 Å². The highest BCUT2D eigenvalue weighted by molar-refractivity contribution is 7.15. The topological polar surface area (TPSA) is 60.4 Å². The van der Waals surface area contributed by atoms with Gasteiger partial charge in [-0.25, -0.2) is 0 Å². The van der Waals surface area contributed by atoms with Gasteiger partial charge < -0.3 is 4.42 Å². The van der Waals surface area contributed by atoms with Gasteiger partial charge in [0.1, 0.15) is 16.1 Å². The Morgan fingerprint density at radius 1 is 1.22 bits per heavy atom. The fourth-order valence-electron chi connectivity index (χ4n) is 2.40. The molecule has 0 amide bonds. The molecule has 0 radical (unpaired) electrons. The molecule has 0 bridgehead atoms. The molecule has 114 valence electrons. The summed E-state index contributed by atoms with van der Waals surface area (Å²) in [7, 11) is 0. The molecule has 1 aromatic carbocycles. The molecule has 0 atom stereocenters. The molecule has 0 spiro atoms. The van der Waals surface area contributed by atoms with Gasteiger partial charge in [-0.15, -0.1) is 5.10 Å². The first-order valence-corrected chi connectivity index (χ1v) is 7.96. The zero-order valence-electron chi connectivity index (χ0n) is 12.6. The predicted octanol–water partition coefficient (Wildman–Crippen LogP) is 2.58. The molecule has 3 aromatic heterocycles. The maximum absolute atomic E-state index is 12.4. The lowest BCUT2D eigenvalue weighted by Crippen LogP contribution is -2.23. The van der Waals surface area contributed by atoms with Crippen LogP contribution in [0.5, 0.6) is 0 Å². The van der Waals surface area contributed by atoms with E-state index in [4.69, 9.17) is 4.42 Å². The SMILES string of the molecule is Cc1cccc(-c2nc3s/c(=C\c4ccc(C)o4)c(=O)n3n2)c1. The molecule has 4 rings (SSSR count). The van der Waals surface area contributed by atoms with Gasteiger partial charge in [-0.2, -0.15) is 9.50 Å². The summed E-state index contributed by atoms with van der Waals surface area (Å²) in [5.74, 6) is 2.03. The van der Waals surface area contributed by atoms with Crippen molar-refractivity contribution >= 4 is 22.4 Å². The molecule has 0 saturated carbocycles. The van der Waals surface area contributed by atoms with E-state index in [1.807, 2.05) is 50.2 Å². The fourth-order valence-corrected chi connectivity index (χ4v) is 3.29. The summed E-state index contributed by atoms with van der Waals surface area (Å²) in [6.07, 6.45) is 1.72. The molecule has 5 nitrogen and oxygen atoms in total. The lowest BCUT2D eigenvalue weighted by Gasteiger charge is -1.95. The molecule has 0 aliphatic rings. The van der Waals surface area contributed by atoms with Crippen molar-refractivity contribution in [3.8, 4) is 11.4 Å². The van der Waals surface area contributed by atoms with Crippen LogP contribution in [0.1, 0.15) is 17.1 Å². The van der Waals surface area contributed by atoms with Crippen LogP contribution in [0.4, 0.5) is 0 Å². The van der Waals surface area contributed by atoms with Crippen LogP contribution < -0.4 is 10.1 Å². The van der Waals surface area contributed by atoms with Crippen molar-refractivity contribution in [2.24, 2.45) is 0 Å². The summed E-state index contributed by atoms with van der Waals surface area (Å²) < 4.78 is 7.39. The van der Waals surface area contributed by atoms with Gasteiger partial charge in [0.15, 0.2) is 5.82 Å². The first kappa shape index (κ1) is 13.9. The van der Waals surface area contributed by atoms with Gasteiger partial charge in [-0.05, 0) is 32.0 Å². The van der Waals surface area contributed by atoms with Gasteiger partial charge in [0.2, 0.25) is 4.96 Å². The van der Waals surface area contributed by atoms with Crippen LogP contribution in [-0.4, -0.2) is 14.6 Å². The smallest absolute Gasteiger partial charge is 0.291 e. The Morgan fingerprint density at radius 3 is 2.78 bits per heavy atom. The van der Waals surface area contributed by atoms with E-state index < -0.39 is 0 Å². The lowest BCUT2D eigenvalue weighted by atomic mass is 10.1. The van der Waals surface area contributed by atoms with E-state index in [0.29, 0.717) is 21.1 Å². The molecule has 23 heavy (non-hydrogen) atoms. The van der Waals surface area contributed by atoms with Crippen molar-refractivity contribution in [2.75, 3.05) is 0 Å². The zero-order chi connectivity index (χ0) is 16.0. The van der Waals surface area contributed by atoms with Gasteiger partial charge >= 0.3 is 0 Å². The number of furan rings is 1. The minimum Gasteiger partial charge on any atom is -0.462 e. The normalized spacial score (nSPS) is 12.3. The zero-order valence-corrected chi connectivity index (χ0v) is 13.4. The molecule has 0 aliphatic carbocycles. The summed E-state index contributed by atoms with van der Waals surface area (Å²) in [6, 6.07) is 11.6. The van der Waals surface area contributed by atoms with Crippen LogP contribution >= 0.6 is 11.3 Å². The third-order valence-corrected chi connectivity index (χ3v) is 4.45. The van der Waals surface area contributed by atoms with Crippen LogP contribution in [-0.2, 0) is 0 Å². The van der Waals surface area contributed by atoms with E-state index in [0.717, 1.165) is 16.9 Å². The maximum Gasteiger partial charge on any atom is 0.291 e. The highest BCUT2D eigenvalue weighted by Gasteiger charge is 2.12. The van der Waals surface area contributed by atoms with Gasteiger partial charge in [0, 0.05) is 11.6 Å². The van der Waals surface area contributed by atoms with E-state index in [1.165, 1.54) is 15.9 Å². The fraction of sp³-hybridized carbons (Fsp3) is 0.118. The molecule has 3 heterocycles. The van der Waals surface area contributed by atoms with Crippen molar-refractivity contribution in [3.05, 3.63) is 68.4 Å². The van der Waals surface area contributed by atoms with Gasteiger partial charge in [-0.1, -0.05) is 35.1 Å². The number of aryl methyl sites for hydroxylation is 2. The number of aromatic nitrogens is 3. The van der Waals surface area contributed by atoms with Gasteiger partial charge in [-0.3, -0.25) is 4.79 Å². The molecular weight excluding hydrogens is 310 g/mol. The summed E-state index contributed by atoms with van der Waals surface area (Å²) in [5.41, 5.74) is 1.86. The van der Waals surface area contributed by atoms with E-state index in [9.17, 15) is 4.79 Å². The first-order valence-electron chi connectivity index (χ1n) is 7.15. The summed E-state index contributed by atoms with van der Waals surface area (Å²) >= 11 is 1.31. The molecule has 0 unspecified atom stereocenters. The van der Waals surface area contributed by atoms with Crippen LogP contribution in [0.15, 0.2) is 45.6 Å². The Labute approximate surface area is 135 Å². The average Bonchev–Trinajstić information content (AvgIpc) is 3.18. The third kappa shape index (κ3) is 2.47. The second-order valence-electron chi connectivity index (χ2n) is 5.36. The highest BCUT2D eigenvalue weighted by atomic mass is 32.1. The number of fused-ring (bicyclic) bond motifs is 1. The number of benzene rings is 1. The number of thiazole rings is 1. The van der Waals surface area contributed by atoms with Gasteiger partial charge in [0.05, 0.1) is 0 Å². The predicted molar refractivity (Wildman–Crippen MR) is 89.5 cm³/mol. The molecule has 0 aliphatic heterocycles. The number of hydrogen-bond donors (Lipinski definition) is 0. The number of hydrogen-bond acceptors (Lipinski definition) is 5. The average molecular weight is 323 g/mol. The monoisotopic (exact) mass is 323 g/mol. The van der Waals surface area contributed by atoms with Crippen LogP contribution in [0, 0.1) is 13.8 Å². The number of rotatable bonds is 2. The van der Waals surface area contributed by atoms with Crippen molar-refractivity contribution in [2.45, 2.75) is 13.8 Å². The minimum atomic E-state index is -0.176. The van der Waals surface area contributed by atoms with E-state index in [2.05, 4.69) is 10.1 Å². The summed E-state index contributed by atoms with van der Waals surface area (Å²) in [4.78, 5) is 17.5. The van der Waals surface area contributed by atoms with E-state index in [-0.39, 0.29) is 5.56 Å². The largest absolute Gasteiger partial charge is 0.462 e. The Morgan fingerprint density at radius 2 is 2.09 bits per heavy atom. The lowest BCUT2D eigenvalue weighted by molar-refractivity contribution is 0.525. The second-order valence-corrected chi connectivity index (χ2v) is 6.37. The van der Waals surface area contributed by atoms with Crippen LogP contribution in [0.2, 0.25) is 0 Å². The molecular formula is C17H13N3O2S. The Balaban J connectivity index is 1.84. The second kappa shape index (κ2) is 5.17. The third-order valence-electron chi connectivity index (χ3n) is 3.49. The summed E-state index contributed by atoms with van der Waals surface area (Å²) in [5, 5.41) is 4.34. The highest BCUT2D eigenvalue weighted by Crippen LogP contribution is 2.17. The molecule has 6 heteroatoms. The molecule has 0 fully saturated rings. The quantitative estimate of drug-likeness (QED) is 0.569. The van der Waals surface area contributed by atoms with Crippen molar-refractivity contribution < 1.29 is 4.42 Å². The van der Waals surface area contributed by atoms with Crippen LogP contribution in [0.25, 0.3) is 22.4 Å². The van der Waals surface area contributed by atoms with Crippen molar-refractivity contribution in [1.29, 1.82) is 0 Å². The maximum atomic E-state index is 12.4. The van der Waals surface area contributed by atoms with Crippen molar-refractivity contribution in [1.82, 2.24) is 14.6 Å². The molecule has 0 saturated heterocycles. The number of nitrogens with zero attached hydrogens (tertiary/aromatic N) is 3. The van der Waals surface area contributed by atoms with Gasteiger partial charge in [0.25, 0.3) is 5.56 Å². The Kier molecular flexibility index (Phi) is 3.12. The Bertz CT molecular complexity index is 1120. The minimum absolute atomic E-state index is 0.176. The molecule has 0 N–H and O–H groups in total. The van der Waals surface area contributed by atoms with Crippen molar-refractivity contribution in [3.63, 3.8) is 0 Å². The summed E-state index contributed by atoms with van der Waals surface area (Å²) in [6.45, 7) is 3.88. The van der Waals surface area contributed by atoms with Crippen LogP contribution in [0.3, 0.4) is 0 Å². The molecule has 4 aromatic rings. The standard InChI is InChI=1S/C17H13N3O2S/c1-10-4-3-5-12(8-10)15-18-17-20(19-15)16(21)14(23-17)9-13-7-6-11(2)22-13/h3-9H,1-2H3/b14-9-. The first-order chi connectivity index (χ1) is 11.1. The Hall–Kier alpha value is -2.73.